The molecule has 0 bridgehead atoms. The second kappa shape index (κ2) is 11.8. The minimum absolute atomic E-state index is 0. The maximum atomic E-state index is 12.2. The lowest BCUT2D eigenvalue weighted by atomic mass is 10.1. The van der Waals surface area contributed by atoms with Crippen molar-refractivity contribution >= 4 is 36.4 Å². The molecule has 0 aliphatic carbocycles. The first-order valence-corrected chi connectivity index (χ1v) is 8.67. The van der Waals surface area contributed by atoms with Crippen molar-refractivity contribution in [2.24, 2.45) is 0 Å². The van der Waals surface area contributed by atoms with E-state index in [9.17, 15) is 4.79 Å². The standard InChI is InChI=1S/C20H25N3O.2ClH/c24-20(16-21-18-11-5-2-6-12-18)22-15-19(23-13-7-8-14-23)17-9-3-1-4-10-17;;/h1-6,9-12,19,21H,7-8,13-16H2,(H,22,24);2*1H. The summed E-state index contributed by atoms with van der Waals surface area (Å²) in [5.41, 5.74) is 2.24. The predicted octanol–water partition coefficient (Wildman–Crippen LogP) is 3.90. The highest BCUT2D eigenvalue weighted by atomic mass is 35.5. The van der Waals surface area contributed by atoms with Gasteiger partial charge >= 0.3 is 0 Å². The molecule has 4 nitrogen and oxygen atoms in total. The van der Waals surface area contributed by atoms with Crippen molar-refractivity contribution in [2.45, 2.75) is 18.9 Å². The van der Waals surface area contributed by atoms with Gasteiger partial charge in [0.2, 0.25) is 5.91 Å². The molecule has 1 heterocycles. The van der Waals surface area contributed by atoms with Crippen LogP contribution in [0.1, 0.15) is 24.4 Å². The van der Waals surface area contributed by atoms with Crippen LogP contribution >= 0.6 is 24.8 Å². The minimum Gasteiger partial charge on any atom is -0.376 e. The van der Waals surface area contributed by atoms with Gasteiger partial charge < -0.3 is 10.6 Å². The van der Waals surface area contributed by atoms with E-state index in [2.05, 4.69) is 39.8 Å². The van der Waals surface area contributed by atoms with Crippen molar-refractivity contribution in [2.75, 3.05) is 31.5 Å². The molecule has 0 aromatic heterocycles. The molecule has 26 heavy (non-hydrogen) atoms. The van der Waals surface area contributed by atoms with Gasteiger partial charge in [-0.15, -0.1) is 24.8 Å². The average molecular weight is 396 g/mol. The summed E-state index contributed by atoms with van der Waals surface area (Å²) >= 11 is 0. The number of anilines is 1. The maximum Gasteiger partial charge on any atom is 0.239 e. The van der Waals surface area contributed by atoms with Crippen molar-refractivity contribution < 1.29 is 4.79 Å². The Kier molecular flexibility index (Phi) is 10.1. The molecule has 1 aliphatic rings. The predicted molar refractivity (Wildman–Crippen MR) is 112 cm³/mol. The quantitative estimate of drug-likeness (QED) is 0.746. The van der Waals surface area contributed by atoms with E-state index in [1.54, 1.807) is 0 Å². The number of nitrogens with zero attached hydrogens (tertiary/aromatic N) is 1. The Morgan fingerprint density at radius 2 is 1.50 bits per heavy atom. The van der Waals surface area contributed by atoms with Crippen LogP contribution in [-0.4, -0.2) is 37.0 Å². The second-order valence-electron chi connectivity index (χ2n) is 6.19. The first-order valence-electron chi connectivity index (χ1n) is 8.67. The topological polar surface area (TPSA) is 44.4 Å². The Morgan fingerprint density at radius 1 is 0.923 bits per heavy atom. The lowest BCUT2D eigenvalue weighted by Gasteiger charge is -2.28. The zero-order chi connectivity index (χ0) is 16.6. The van der Waals surface area contributed by atoms with E-state index in [0.717, 1.165) is 18.8 Å². The molecule has 0 saturated carbocycles. The monoisotopic (exact) mass is 395 g/mol. The van der Waals surface area contributed by atoms with Gasteiger partial charge in [-0.2, -0.15) is 0 Å². The number of halogens is 2. The number of carbonyl (C=O) groups is 1. The second-order valence-corrected chi connectivity index (χ2v) is 6.19. The molecule has 1 atom stereocenters. The number of rotatable bonds is 7. The zero-order valence-corrected chi connectivity index (χ0v) is 16.4. The Balaban J connectivity index is 0.00000169. The molecule has 1 aliphatic heterocycles. The summed E-state index contributed by atoms with van der Waals surface area (Å²) in [7, 11) is 0. The van der Waals surface area contributed by atoms with Crippen LogP contribution in [0.25, 0.3) is 0 Å². The Bertz CT molecular complexity index is 634. The molecular formula is C20H27Cl2N3O. The fourth-order valence-electron chi connectivity index (χ4n) is 3.20. The van der Waals surface area contributed by atoms with Gasteiger partial charge in [0.25, 0.3) is 0 Å². The number of amides is 1. The van der Waals surface area contributed by atoms with Crippen LogP contribution in [0.3, 0.4) is 0 Å². The van der Waals surface area contributed by atoms with Crippen LogP contribution in [0.15, 0.2) is 60.7 Å². The molecule has 2 N–H and O–H groups in total. The van der Waals surface area contributed by atoms with Crippen molar-refractivity contribution in [1.82, 2.24) is 10.2 Å². The molecule has 1 saturated heterocycles. The third kappa shape index (κ3) is 6.52. The minimum atomic E-state index is 0. The molecule has 142 valence electrons. The maximum absolute atomic E-state index is 12.2. The molecule has 2 aromatic carbocycles. The van der Waals surface area contributed by atoms with Crippen molar-refractivity contribution in [3.63, 3.8) is 0 Å². The van der Waals surface area contributed by atoms with Gasteiger partial charge in [-0.1, -0.05) is 48.5 Å². The van der Waals surface area contributed by atoms with Gasteiger partial charge in [-0.25, -0.2) is 0 Å². The van der Waals surface area contributed by atoms with E-state index in [1.165, 1.54) is 18.4 Å². The van der Waals surface area contributed by atoms with Crippen LogP contribution < -0.4 is 10.6 Å². The summed E-state index contributed by atoms with van der Waals surface area (Å²) in [5.74, 6) is 0.0268. The summed E-state index contributed by atoms with van der Waals surface area (Å²) in [5, 5.41) is 6.24. The third-order valence-corrected chi connectivity index (χ3v) is 4.49. The van der Waals surface area contributed by atoms with E-state index < -0.39 is 0 Å². The lowest BCUT2D eigenvalue weighted by molar-refractivity contribution is -0.119. The summed E-state index contributed by atoms with van der Waals surface area (Å²) in [6.45, 7) is 3.17. The molecule has 3 rings (SSSR count). The third-order valence-electron chi connectivity index (χ3n) is 4.49. The summed E-state index contributed by atoms with van der Waals surface area (Å²) in [6, 6.07) is 20.5. The molecule has 0 spiro atoms. The Morgan fingerprint density at radius 3 is 2.12 bits per heavy atom. The molecule has 1 amide bonds. The molecule has 1 unspecified atom stereocenters. The van der Waals surface area contributed by atoms with E-state index in [-0.39, 0.29) is 36.8 Å². The summed E-state index contributed by atoms with van der Waals surface area (Å²) in [4.78, 5) is 14.6. The number of nitrogens with one attached hydrogen (secondary N) is 2. The van der Waals surface area contributed by atoms with Crippen LogP contribution in [-0.2, 0) is 4.79 Å². The molecule has 0 radical (unpaired) electrons. The smallest absolute Gasteiger partial charge is 0.239 e. The normalized spacial score (nSPS) is 14.6. The number of benzene rings is 2. The average Bonchev–Trinajstić information content (AvgIpc) is 3.16. The first-order chi connectivity index (χ1) is 11.8. The van der Waals surface area contributed by atoms with E-state index in [0.29, 0.717) is 13.1 Å². The van der Waals surface area contributed by atoms with Gasteiger partial charge in [0.15, 0.2) is 0 Å². The van der Waals surface area contributed by atoms with E-state index in [1.807, 2.05) is 36.4 Å². The van der Waals surface area contributed by atoms with Crippen LogP contribution in [0.4, 0.5) is 5.69 Å². The largest absolute Gasteiger partial charge is 0.376 e. The number of para-hydroxylation sites is 1. The number of likely N-dealkylation sites (tertiary alicyclic amines) is 1. The molecular weight excluding hydrogens is 369 g/mol. The van der Waals surface area contributed by atoms with Crippen LogP contribution in [0.5, 0.6) is 0 Å². The van der Waals surface area contributed by atoms with Gasteiger partial charge in [0, 0.05) is 12.2 Å². The summed E-state index contributed by atoms with van der Waals surface area (Å²) in [6.07, 6.45) is 2.49. The van der Waals surface area contributed by atoms with Crippen LogP contribution in [0.2, 0.25) is 0 Å². The highest BCUT2D eigenvalue weighted by Gasteiger charge is 2.23. The Hall–Kier alpha value is -1.75. The lowest BCUT2D eigenvalue weighted by Crippen LogP contribution is -2.38. The van der Waals surface area contributed by atoms with Crippen molar-refractivity contribution in [3.05, 3.63) is 66.2 Å². The highest BCUT2D eigenvalue weighted by molar-refractivity contribution is 5.85. The van der Waals surface area contributed by atoms with E-state index in [4.69, 9.17) is 0 Å². The van der Waals surface area contributed by atoms with Gasteiger partial charge in [0.1, 0.15) is 0 Å². The SMILES string of the molecule is Cl.Cl.O=C(CNc1ccccc1)NCC(c1ccccc1)N1CCCC1. The molecule has 1 fully saturated rings. The van der Waals surface area contributed by atoms with Gasteiger partial charge in [0.05, 0.1) is 12.6 Å². The summed E-state index contributed by atoms with van der Waals surface area (Å²) < 4.78 is 0. The first kappa shape index (κ1) is 22.3. The van der Waals surface area contributed by atoms with Gasteiger partial charge in [-0.05, 0) is 43.6 Å². The fraction of sp³-hybridized carbons (Fsp3) is 0.350. The van der Waals surface area contributed by atoms with Crippen molar-refractivity contribution in [3.8, 4) is 0 Å². The Labute approximate surface area is 168 Å². The van der Waals surface area contributed by atoms with Crippen LogP contribution in [0, 0.1) is 0 Å². The number of hydrogen-bond acceptors (Lipinski definition) is 3. The molecule has 2 aromatic rings. The van der Waals surface area contributed by atoms with Crippen molar-refractivity contribution in [1.29, 1.82) is 0 Å². The highest BCUT2D eigenvalue weighted by Crippen LogP contribution is 2.24. The number of carbonyl (C=O) groups excluding carboxylic acids is 1. The fourth-order valence-corrected chi connectivity index (χ4v) is 3.20. The van der Waals surface area contributed by atoms with E-state index >= 15 is 0 Å². The van der Waals surface area contributed by atoms with Gasteiger partial charge in [-0.3, -0.25) is 9.69 Å². The number of hydrogen-bond donors (Lipinski definition) is 2. The molecule has 6 heteroatoms. The zero-order valence-electron chi connectivity index (χ0n) is 14.8.